The summed E-state index contributed by atoms with van der Waals surface area (Å²) in [6.07, 6.45) is -0.409. The molecule has 1 heterocycles. The zero-order chi connectivity index (χ0) is 22.5. The molecule has 1 aromatic heterocycles. The smallest absolute Gasteiger partial charge is 0.305 e. The van der Waals surface area contributed by atoms with Crippen LogP contribution in [-0.4, -0.2) is 29.1 Å². The predicted octanol–water partition coefficient (Wildman–Crippen LogP) is 4.63. The molecule has 0 bridgehead atoms. The van der Waals surface area contributed by atoms with E-state index >= 15 is 0 Å². The van der Waals surface area contributed by atoms with Crippen LogP contribution in [0.1, 0.15) is 28.5 Å². The molecule has 3 aromatic rings. The Kier molecular flexibility index (Phi) is 6.81. The van der Waals surface area contributed by atoms with Crippen LogP contribution in [0.5, 0.6) is 5.75 Å². The van der Waals surface area contributed by atoms with E-state index in [1.807, 2.05) is 0 Å². The Balaban J connectivity index is 1.97. The van der Waals surface area contributed by atoms with Gasteiger partial charge in [0.2, 0.25) is 0 Å². The number of carbonyl (C=O) groups is 2. The van der Waals surface area contributed by atoms with E-state index in [0.717, 1.165) is 12.1 Å². The number of benzene rings is 2. The average Bonchev–Trinajstić information content (AvgIpc) is 2.72. The normalized spacial score (nSPS) is 11.6. The predicted molar refractivity (Wildman–Crippen MR) is 110 cm³/mol. The standard InChI is InChI=1S/C22H17ClF2N2O4/c1-31-19-7-6-17(26-21(19)12-8-13(24)10-14(25)9-12)22(30)27-18(11-20(28)29)15-4-2-3-5-16(15)23/h2-10,18H,11H2,1H3,(H,27,30)(H,28,29)/t18-/m0/s1. The van der Waals surface area contributed by atoms with Crippen LogP contribution in [0.25, 0.3) is 11.3 Å². The summed E-state index contributed by atoms with van der Waals surface area (Å²) >= 11 is 6.16. The maximum absolute atomic E-state index is 13.7. The number of halogens is 3. The maximum atomic E-state index is 13.7. The van der Waals surface area contributed by atoms with Crippen molar-refractivity contribution >= 4 is 23.5 Å². The monoisotopic (exact) mass is 446 g/mol. The quantitative estimate of drug-likeness (QED) is 0.552. The minimum Gasteiger partial charge on any atom is -0.494 e. The van der Waals surface area contributed by atoms with Gasteiger partial charge in [-0.3, -0.25) is 9.59 Å². The van der Waals surface area contributed by atoms with Crippen LogP contribution >= 0.6 is 11.6 Å². The molecular weight excluding hydrogens is 430 g/mol. The minimum atomic E-state index is -1.14. The van der Waals surface area contributed by atoms with Gasteiger partial charge in [-0.05, 0) is 35.9 Å². The molecule has 1 amide bonds. The number of rotatable bonds is 7. The van der Waals surface area contributed by atoms with Gasteiger partial charge < -0.3 is 15.2 Å². The van der Waals surface area contributed by atoms with Gasteiger partial charge in [0.15, 0.2) is 0 Å². The molecule has 6 nitrogen and oxygen atoms in total. The molecule has 160 valence electrons. The Morgan fingerprint density at radius 2 is 1.81 bits per heavy atom. The van der Waals surface area contributed by atoms with E-state index in [9.17, 15) is 23.5 Å². The first-order chi connectivity index (χ1) is 14.8. The minimum absolute atomic E-state index is 0.0566. The zero-order valence-electron chi connectivity index (χ0n) is 16.2. The fourth-order valence-corrected chi connectivity index (χ4v) is 3.31. The van der Waals surface area contributed by atoms with Crippen molar-refractivity contribution in [1.82, 2.24) is 10.3 Å². The average molecular weight is 447 g/mol. The van der Waals surface area contributed by atoms with Crippen molar-refractivity contribution in [3.8, 4) is 17.0 Å². The number of nitrogens with zero attached hydrogens (tertiary/aromatic N) is 1. The lowest BCUT2D eigenvalue weighted by atomic mass is 10.0. The van der Waals surface area contributed by atoms with Crippen molar-refractivity contribution in [3.05, 3.63) is 82.5 Å². The summed E-state index contributed by atoms with van der Waals surface area (Å²) in [6.45, 7) is 0. The third-order valence-corrected chi connectivity index (χ3v) is 4.76. The molecular formula is C22H17ClF2N2O4. The van der Waals surface area contributed by atoms with Gasteiger partial charge in [0, 0.05) is 16.7 Å². The second kappa shape index (κ2) is 9.53. The number of aromatic nitrogens is 1. The first-order valence-corrected chi connectivity index (χ1v) is 9.45. The number of methoxy groups -OCH3 is 1. The topological polar surface area (TPSA) is 88.5 Å². The van der Waals surface area contributed by atoms with Crippen LogP contribution in [-0.2, 0) is 4.79 Å². The van der Waals surface area contributed by atoms with Crippen molar-refractivity contribution in [2.45, 2.75) is 12.5 Å². The molecule has 3 rings (SSSR count). The number of carboxylic acid groups (broad SMARTS) is 1. The third kappa shape index (κ3) is 5.35. The zero-order valence-corrected chi connectivity index (χ0v) is 17.0. The number of hydrogen-bond acceptors (Lipinski definition) is 4. The Morgan fingerprint density at radius 3 is 2.42 bits per heavy atom. The lowest BCUT2D eigenvalue weighted by Gasteiger charge is -2.19. The van der Waals surface area contributed by atoms with Crippen molar-refractivity contribution in [1.29, 1.82) is 0 Å². The highest BCUT2D eigenvalue weighted by Gasteiger charge is 2.22. The molecule has 0 aliphatic rings. The van der Waals surface area contributed by atoms with Gasteiger partial charge in [-0.15, -0.1) is 0 Å². The van der Waals surface area contributed by atoms with Crippen LogP contribution in [0, 0.1) is 11.6 Å². The second-order valence-corrected chi connectivity index (χ2v) is 6.96. The van der Waals surface area contributed by atoms with Crippen LogP contribution in [0.3, 0.4) is 0 Å². The van der Waals surface area contributed by atoms with Crippen molar-refractivity contribution in [2.75, 3.05) is 7.11 Å². The summed E-state index contributed by atoms with van der Waals surface area (Å²) in [6, 6.07) is 11.3. The number of amides is 1. The molecule has 0 aliphatic carbocycles. The molecule has 2 aromatic carbocycles. The molecule has 0 unspecified atom stereocenters. The van der Waals surface area contributed by atoms with Crippen molar-refractivity contribution in [2.24, 2.45) is 0 Å². The van der Waals surface area contributed by atoms with Crippen LogP contribution < -0.4 is 10.1 Å². The summed E-state index contributed by atoms with van der Waals surface area (Å²) < 4.78 is 32.5. The molecule has 0 radical (unpaired) electrons. The molecule has 0 saturated heterocycles. The van der Waals surface area contributed by atoms with Crippen LogP contribution in [0.4, 0.5) is 8.78 Å². The molecule has 2 N–H and O–H groups in total. The van der Waals surface area contributed by atoms with Gasteiger partial charge in [0.1, 0.15) is 28.8 Å². The van der Waals surface area contributed by atoms with E-state index in [2.05, 4.69) is 10.3 Å². The Bertz CT molecular complexity index is 1120. The SMILES string of the molecule is COc1ccc(C(=O)N[C@@H](CC(=O)O)c2ccccc2Cl)nc1-c1cc(F)cc(F)c1. The highest BCUT2D eigenvalue weighted by Crippen LogP contribution is 2.30. The van der Waals surface area contributed by atoms with Gasteiger partial charge in [-0.25, -0.2) is 13.8 Å². The first-order valence-electron chi connectivity index (χ1n) is 9.07. The number of nitrogens with one attached hydrogen (secondary N) is 1. The summed E-state index contributed by atoms with van der Waals surface area (Å²) in [5, 5.41) is 12.1. The molecule has 0 saturated carbocycles. The summed E-state index contributed by atoms with van der Waals surface area (Å²) in [7, 11) is 1.36. The Hall–Kier alpha value is -3.52. The Labute approximate surface area is 181 Å². The summed E-state index contributed by atoms with van der Waals surface area (Å²) in [5.74, 6) is -3.24. The van der Waals surface area contributed by atoms with E-state index < -0.39 is 36.0 Å². The molecule has 0 spiro atoms. The maximum Gasteiger partial charge on any atom is 0.305 e. The lowest BCUT2D eigenvalue weighted by Crippen LogP contribution is -2.31. The van der Waals surface area contributed by atoms with Gasteiger partial charge in [0.25, 0.3) is 5.91 Å². The van der Waals surface area contributed by atoms with E-state index in [1.165, 1.54) is 19.2 Å². The number of pyridine rings is 1. The van der Waals surface area contributed by atoms with E-state index in [4.69, 9.17) is 16.3 Å². The summed E-state index contributed by atoms with van der Waals surface area (Å²) in [5.41, 5.74) is 0.474. The van der Waals surface area contributed by atoms with E-state index in [1.54, 1.807) is 24.3 Å². The van der Waals surface area contributed by atoms with Crippen LogP contribution in [0.15, 0.2) is 54.6 Å². The van der Waals surface area contributed by atoms with E-state index in [-0.39, 0.29) is 22.7 Å². The van der Waals surface area contributed by atoms with E-state index in [0.29, 0.717) is 16.7 Å². The van der Waals surface area contributed by atoms with Crippen molar-refractivity contribution in [3.63, 3.8) is 0 Å². The largest absolute Gasteiger partial charge is 0.494 e. The van der Waals surface area contributed by atoms with Gasteiger partial charge >= 0.3 is 5.97 Å². The number of carboxylic acids is 1. The number of hydrogen-bond donors (Lipinski definition) is 2. The fourth-order valence-electron chi connectivity index (χ4n) is 3.04. The fraction of sp³-hybridized carbons (Fsp3) is 0.136. The molecule has 0 aliphatic heterocycles. The third-order valence-electron chi connectivity index (χ3n) is 4.41. The molecule has 9 heteroatoms. The molecule has 1 atom stereocenters. The van der Waals surface area contributed by atoms with Gasteiger partial charge in [-0.2, -0.15) is 0 Å². The van der Waals surface area contributed by atoms with Gasteiger partial charge in [0.05, 0.1) is 19.6 Å². The highest BCUT2D eigenvalue weighted by molar-refractivity contribution is 6.31. The van der Waals surface area contributed by atoms with Gasteiger partial charge in [-0.1, -0.05) is 29.8 Å². The number of aliphatic carboxylic acids is 1. The number of ether oxygens (including phenoxy) is 1. The Morgan fingerprint density at radius 1 is 1.13 bits per heavy atom. The van der Waals surface area contributed by atoms with Crippen molar-refractivity contribution < 1.29 is 28.2 Å². The molecule has 31 heavy (non-hydrogen) atoms. The molecule has 0 fully saturated rings. The lowest BCUT2D eigenvalue weighted by molar-refractivity contribution is -0.137. The number of carbonyl (C=O) groups excluding carboxylic acids is 1. The second-order valence-electron chi connectivity index (χ2n) is 6.55. The van der Waals surface area contributed by atoms with Crippen LogP contribution in [0.2, 0.25) is 5.02 Å². The summed E-state index contributed by atoms with van der Waals surface area (Å²) in [4.78, 5) is 28.3. The highest BCUT2D eigenvalue weighted by atomic mass is 35.5. The first kappa shape index (κ1) is 22.2.